The Morgan fingerprint density at radius 1 is 1.05 bits per heavy atom. The number of thiophene rings is 1. The highest BCUT2D eigenvalue weighted by atomic mass is 35.5. The zero-order valence-corrected chi connectivity index (χ0v) is 24.5. The van der Waals surface area contributed by atoms with E-state index in [9.17, 15) is 4.79 Å². The molecule has 204 valence electrons. The Morgan fingerprint density at radius 3 is 2.51 bits per heavy atom. The molecular weight excluding hydrogens is 554 g/mol. The molecule has 0 spiro atoms. The molecule has 0 aliphatic carbocycles. The minimum absolute atomic E-state index is 0.102. The highest BCUT2D eigenvalue weighted by Crippen LogP contribution is 2.40. The Bertz CT molecular complexity index is 1870. The van der Waals surface area contributed by atoms with Crippen LogP contribution in [0.25, 0.3) is 5.00 Å². The molecule has 1 N–H and O–H groups in total. The number of benzene rings is 2. The Morgan fingerprint density at radius 2 is 1.80 bits per heavy atom. The molecule has 41 heavy (non-hydrogen) atoms. The predicted molar refractivity (Wildman–Crippen MR) is 162 cm³/mol. The van der Waals surface area contributed by atoms with Crippen LogP contribution < -0.4 is 5.32 Å². The van der Waals surface area contributed by atoms with Gasteiger partial charge in [-0.25, -0.2) is 0 Å². The Hall–Kier alpha value is -4.52. The number of hydrogen-bond donors (Lipinski definition) is 1. The second kappa shape index (κ2) is 10.8. The second-order valence-corrected chi connectivity index (χ2v) is 11.4. The van der Waals surface area contributed by atoms with Gasteiger partial charge in [-0.15, -0.1) is 21.5 Å². The molecule has 6 rings (SSSR count). The summed E-state index contributed by atoms with van der Waals surface area (Å²) >= 11 is 7.81. The van der Waals surface area contributed by atoms with Crippen molar-refractivity contribution >= 4 is 40.2 Å². The van der Waals surface area contributed by atoms with E-state index >= 15 is 0 Å². The first-order valence-corrected chi connectivity index (χ1v) is 14.2. The molecule has 0 bridgehead atoms. The highest BCUT2D eigenvalue weighted by molar-refractivity contribution is 7.15. The van der Waals surface area contributed by atoms with Crippen molar-refractivity contribution in [3.63, 3.8) is 0 Å². The summed E-state index contributed by atoms with van der Waals surface area (Å²) in [5.41, 5.74) is 6.29. The van der Waals surface area contributed by atoms with Crippen LogP contribution in [0, 0.1) is 32.6 Å². The topological polar surface area (TPSA) is 90.0 Å². The van der Waals surface area contributed by atoms with E-state index in [2.05, 4.69) is 39.4 Å². The Kier molecular flexibility index (Phi) is 7.03. The van der Waals surface area contributed by atoms with Gasteiger partial charge in [0, 0.05) is 35.1 Å². The van der Waals surface area contributed by atoms with Crippen molar-refractivity contribution in [3.8, 4) is 16.8 Å². The zero-order valence-electron chi connectivity index (χ0n) is 22.9. The number of carbonyl (C=O) groups excluding carboxylic acids is 1. The van der Waals surface area contributed by atoms with E-state index in [4.69, 9.17) is 16.6 Å². The molecule has 2 aromatic carbocycles. The Balaban J connectivity index is 1.47. The maximum absolute atomic E-state index is 13.3. The van der Waals surface area contributed by atoms with Crippen molar-refractivity contribution < 1.29 is 4.79 Å². The summed E-state index contributed by atoms with van der Waals surface area (Å²) in [6.45, 7) is 5.97. The lowest BCUT2D eigenvalue weighted by Gasteiger charge is -2.13. The number of aliphatic imine (C=N–C) groups is 1. The third kappa shape index (κ3) is 5.32. The van der Waals surface area contributed by atoms with E-state index < -0.39 is 6.04 Å². The van der Waals surface area contributed by atoms with Gasteiger partial charge in [-0.2, -0.15) is 5.10 Å². The smallest absolute Gasteiger partial charge is 0.227 e. The fourth-order valence-electron chi connectivity index (χ4n) is 4.78. The molecule has 10 heteroatoms. The number of aromatic nitrogens is 5. The quantitative estimate of drug-likeness (QED) is 0.266. The summed E-state index contributed by atoms with van der Waals surface area (Å²) in [6, 6.07) is 14.8. The minimum Gasteiger partial charge on any atom is -0.326 e. The van der Waals surface area contributed by atoms with E-state index in [0.29, 0.717) is 16.7 Å². The van der Waals surface area contributed by atoms with Crippen molar-refractivity contribution in [2.75, 3.05) is 5.32 Å². The van der Waals surface area contributed by atoms with Gasteiger partial charge in [0.25, 0.3) is 0 Å². The molecule has 0 fully saturated rings. The summed E-state index contributed by atoms with van der Waals surface area (Å²) in [6.07, 6.45) is 3.73. The molecule has 0 unspecified atom stereocenters. The molecule has 0 radical (unpaired) electrons. The van der Waals surface area contributed by atoms with Gasteiger partial charge in [0.05, 0.1) is 28.8 Å². The number of fused-ring (bicyclic) bond motifs is 3. The van der Waals surface area contributed by atoms with E-state index in [1.807, 2.05) is 80.2 Å². The maximum Gasteiger partial charge on any atom is 0.227 e. The third-order valence-electron chi connectivity index (χ3n) is 6.86. The van der Waals surface area contributed by atoms with Crippen LogP contribution in [0.2, 0.25) is 5.02 Å². The molecule has 3 aromatic heterocycles. The largest absolute Gasteiger partial charge is 0.326 e. The van der Waals surface area contributed by atoms with Crippen LogP contribution >= 0.6 is 22.9 Å². The standard InChI is InChI=1S/C31H26ClN7OS/c1-18-5-12-24(13-6-18)34-27(40)15-25-30-37-36-20(3)39(30)31-28(29(35-25)22-8-10-23(32)11-9-22)19(2)26(41-31)14-7-21-16-33-38(4)17-21/h5-6,8-13,16-17,25H,15H2,1-4H3,(H,34,40)/t25-/m0/s1. The lowest BCUT2D eigenvalue weighted by molar-refractivity contribution is -0.116. The van der Waals surface area contributed by atoms with Crippen LogP contribution in [0.1, 0.15) is 56.8 Å². The predicted octanol–water partition coefficient (Wildman–Crippen LogP) is 5.96. The molecule has 1 aliphatic heterocycles. The van der Waals surface area contributed by atoms with Crippen molar-refractivity contribution in [1.82, 2.24) is 24.5 Å². The minimum atomic E-state index is -0.559. The second-order valence-electron chi connectivity index (χ2n) is 9.95. The van der Waals surface area contributed by atoms with Gasteiger partial charge in [0.15, 0.2) is 5.82 Å². The Labute approximate surface area is 246 Å². The van der Waals surface area contributed by atoms with E-state index in [0.717, 1.165) is 49.1 Å². The normalized spacial score (nSPS) is 13.9. The number of nitrogens with zero attached hydrogens (tertiary/aromatic N) is 6. The molecule has 8 nitrogen and oxygen atoms in total. The molecule has 4 heterocycles. The molecule has 0 saturated heterocycles. The van der Waals surface area contributed by atoms with Gasteiger partial charge in [-0.3, -0.25) is 19.0 Å². The summed E-state index contributed by atoms with van der Waals surface area (Å²) in [5.74, 6) is 7.74. The van der Waals surface area contributed by atoms with Gasteiger partial charge < -0.3 is 5.32 Å². The van der Waals surface area contributed by atoms with Gasteiger partial charge in [0.2, 0.25) is 5.91 Å². The maximum atomic E-state index is 13.3. The number of carbonyl (C=O) groups is 1. The van der Waals surface area contributed by atoms with Crippen LogP contribution in [-0.4, -0.2) is 36.2 Å². The average Bonchev–Trinajstić information content (AvgIpc) is 3.61. The summed E-state index contributed by atoms with van der Waals surface area (Å²) in [5, 5.41) is 17.7. The van der Waals surface area contributed by atoms with Crippen molar-refractivity contribution in [3.05, 3.63) is 110 Å². The first-order valence-electron chi connectivity index (χ1n) is 13.0. The first-order chi connectivity index (χ1) is 19.8. The number of aryl methyl sites for hydroxylation is 3. The fourth-order valence-corrected chi connectivity index (χ4v) is 6.13. The van der Waals surface area contributed by atoms with Gasteiger partial charge >= 0.3 is 0 Å². The molecule has 5 aromatic rings. The fraction of sp³-hybridized carbons (Fsp3) is 0.194. The average molecular weight is 580 g/mol. The molecule has 1 amide bonds. The first kappa shape index (κ1) is 26.7. The zero-order chi connectivity index (χ0) is 28.7. The SMILES string of the molecule is Cc1ccc(NC(=O)C[C@@H]2N=C(c3ccc(Cl)cc3)c3c(sc(C#Cc4cnn(C)c4)c3C)-n3c(C)nnc32)cc1. The summed E-state index contributed by atoms with van der Waals surface area (Å²) < 4.78 is 3.74. The number of rotatable bonds is 4. The monoisotopic (exact) mass is 579 g/mol. The van der Waals surface area contributed by atoms with Crippen LogP contribution in [0.4, 0.5) is 5.69 Å². The van der Waals surface area contributed by atoms with E-state index in [1.165, 1.54) is 0 Å². The van der Waals surface area contributed by atoms with Crippen molar-refractivity contribution in [2.45, 2.75) is 33.2 Å². The summed E-state index contributed by atoms with van der Waals surface area (Å²) in [4.78, 5) is 19.4. The van der Waals surface area contributed by atoms with Crippen molar-refractivity contribution in [1.29, 1.82) is 0 Å². The number of halogens is 1. The highest BCUT2D eigenvalue weighted by Gasteiger charge is 2.32. The van der Waals surface area contributed by atoms with Crippen LogP contribution in [0.3, 0.4) is 0 Å². The molecular formula is C31H26ClN7OS. The number of hydrogen-bond acceptors (Lipinski definition) is 6. The molecule has 0 saturated carbocycles. The van der Waals surface area contributed by atoms with Gasteiger partial charge in [-0.05, 0) is 50.6 Å². The number of amides is 1. The number of anilines is 1. The van der Waals surface area contributed by atoms with Crippen LogP contribution in [0.15, 0.2) is 65.9 Å². The molecule has 1 aliphatic rings. The number of nitrogens with one attached hydrogen (secondary N) is 1. The molecule has 1 atom stereocenters. The van der Waals surface area contributed by atoms with Gasteiger partial charge in [-0.1, -0.05) is 53.3 Å². The van der Waals surface area contributed by atoms with E-state index in [-0.39, 0.29) is 12.3 Å². The van der Waals surface area contributed by atoms with Crippen LogP contribution in [-0.2, 0) is 11.8 Å². The van der Waals surface area contributed by atoms with Gasteiger partial charge in [0.1, 0.15) is 16.9 Å². The van der Waals surface area contributed by atoms with Crippen LogP contribution in [0.5, 0.6) is 0 Å². The van der Waals surface area contributed by atoms with E-state index in [1.54, 1.807) is 22.2 Å². The van der Waals surface area contributed by atoms with Crippen molar-refractivity contribution in [2.24, 2.45) is 12.0 Å². The summed E-state index contributed by atoms with van der Waals surface area (Å²) in [7, 11) is 1.87. The third-order valence-corrected chi connectivity index (χ3v) is 8.30. The lowest BCUT2D eigenvalue weighted by Crippen LogP contribution is -2.17. The lowest BCUT2D eigenvalue weighted by atomic mass is 9.99.